The summed E-state index contributed by atoms with van der Waals surface area (Å²) in [6.07, 6.45) is 2.85. The summed E-state index contributed by atoms with van der Waals surface area (Å²) in [6, 6.07) is 7.58. The number of amides is 2. The predicted molar refractivity (Wildman–Crippen MR) is 125 cm³/mol. The number of aliphatic hydroxyl groups excluding tert-OH is 1. The van der Waals surface area contributed by atoms with Crippen LogP contribution < -0.4 is 0 Å². The van der Waals surface area contributed by atoms with E-state index in [2.05, 4.69) is 6.58 Å². The number of carboxylic acid groups (broad SMARTS) is 1. The summed E-state index contributed by atoms with van der Waals surface area (Å²) in [7, 11) is 0. The van der Waals surface area contributed by atoms with Crippen molar-refractivity contribution < 1.29 is 29.3 Å². The van der Waals surface area contributed by atoms with Crippen molar-refractivity contribution in [2.75, 3.05) is 13.2 Å². The van der Waals surface area contributed by atoms with Crippen molar-refractivity contribution in [1.82, 2.24) is 9.80 Å². The molecule has 0 radical (unpaired) electrons. The zero-order chi connectivity index (χ0) is 24.8. The zero-order valence-corrected chi connectivity index (χ0v) is 20.0. The second-order valence-corrected chi connectivity index (χ2v) is 10.2. The van der Waals surface area contributed by atoms with Crippen molar-refractivity contribution in [2.24, 2.45) is 11.8 Å². The Morgan fingerprint density at radius 1 is 1.29 bits per heavy atom. The number of benzene rings is 1. The molecule has 1 spiro atoms. The number of rotatable bonds is 9. The molecular formula is C26H34N2O6. The SMILES string of the molecule is C=CCN(C(=O)C1N([C@@H](CO)Cc2ccccc2)C(=O)[C@@H]2[C@H](C(=O)O)[C@]3(C)CCC12O3)C(C)C. The first-order valence-corrected chi connectivity index (χ1v) is 11.9. The van der Waals surface area contributed by atoms with Gasteiger partial charge in [0.15, 0.2) is 0 Å². The molecular weight excluding hydrogens is 436 g/mol. The average molecular weight is 471 g/mol. The van der Waals surface area contributed by atoms with E-state index in [0.29, 0.717) is 19.3 Å². The minimum Gasteiger partial charge on any atom is -0.481 e. The van der Waals surface area contributed by atoms with Crippen LogP contribution in [0.1, 0.15) is 39.2 Å². The number of ether oxygens (including phenoxy) is 1. The van der Waals surface area contributed by atoms with Crippen LogP contribution in [-0.4, -0.2) is 80.3 Å². The molecule has 2 N–H and O–H groups in total. The predicted octanol–water partition coefficient (Wildman–Crippen LogP) is 1.86. The van der Waals surface area contributed by atoms with Gasteiger partial charge in [-0.2, -0.15) is 0 Å². The summed E-state index contributed by atoms with van der Waals surface area (Å²) >= 11 is 0. The quantitative estimate of drug-likeness (QED) is 0.534. The molecule has 6 atom stereocenters. The van der Waals surface area contributed by atoms with Crippen molar-refractivity contribution in [2.45, 2.75) is 69.4 Å². The molecule has 3 heterocycles. The van der Waals surface area contributed by atoms with Crippen molar-refractivity contribution in [3.63, 3.8) is 0 Å². The van der Waals surface area contributed by atoms with Gasteiger partial charge in [-0.25, -0.2) is 0 Å². The highest BCUT2D eigenvalue weighted by molar-refractivity contribution is 5.98. The Hall–Kier alpha value is -2.71. The third kappa shape index (κ3) is 3.55. The van der Waals surface area contributed by atoms with E-state index in [0.717, 1.165) is 5.56 Å². The van der Waals surface area contributed by atoms with E-state index in [1.165, 1.54) is 4.90 Å². The Kier molecular flexibility index (Phi) is 6.33. The normalized spacial score (nSPS) is 32.7. The zero-order valence-electron chi connectivity index (χ0n) is 20.0. The summed E-state index contributed by atoms with van der Waals surface area (Å²) in [5.74, 6) is -3.83. The Balaban J connectivity index is 1.82. The molecule has 4 rings (SSSR count). The fourth-order valence-electron chi connectivity index (χ4n) is 6.40. The number of hydrogen-bond donors (Lipinski definition) is 2. The molecule has 0 aromatic heterocycles. The van der Waals surface area contributed by atoms with Crippen LogP contribution in [0.3, 0.4) is 0 Å². The third-order valence-corrected chi connectivity index (χ3v) is 7.87. The van der Waals surface area contributed by atoms with Gasteiger partial charge < -0.3 is 24.7 Å². The molecule has 34 heavy (non-hydrogen) atoms. The highest BCUT2D eigenvalue weighted by Gasteiger charge is 2.78. The van der Waals surface area contributed by atoms with Gasteiger partial charge in [0.05, 0.1) is 30.1 Å². The number of carbonyl (C=O) groups is 3. The summed E-state index contributed by atoms with van der Waals surface area (Å²) < 4.78 is 6.43. The van der Waals surface area contributed by atoms with E-state index < -0.39 is 47.0 Å². The largest absolute Gasteiger partial charge is 0.481 e. The summed E-state index contributed by atoms with van der Waals surface area (Å²) in [4.78, 5) is 43.5. The van der Waals surface area contributed by atoms with Gasteiger partial charge >= 0.3 is 5.97 Å². The first-order chi connectivity index (χ1) is 16.1. The maximum atomic E-state index is 14.1. The number of aliphatic carboxylic acids is 1. The standard InChI is InChI=1S/C26H34N2O6/c1-5-13-27(16(2)3)23(31)21-26-12-11-25(4,34-26)20(24(32)33)19(26)22(30)28(21)18(15-29)14-17-9-7-6-8-10-17/h5-10,16,18-21,29H,1,11-15H2,2-4H3,(H,32,33)/t18-,19+,20-,21?,25+,26?/m1/s1. The van der Waals surface area contributed by atoms with Crippen LogP contribution in [0.25, 0.3) is 0 Å². The number of fused-ring (bicyclic) bond motifs is 1. The van der Waals surface area contributed by atoms with Crippen LogP contribution >= 0.6 is 0 Å². The van der Waals surface area contributed by atoms with Crippen LogP contribution in [0.15, 0.2) is 43.0 Å². The van der Waals surface area contributed by atoms with Gasteiger partial charge in [-0.3, -0.25) is 14.4 Å². The van der Waals surface area contributed by atoms with Crippen LogP contribution in [0.2, 0.25) is 0 Å². The van der Waals surface area contributed by atoms with E-state index in [-0.39, 0.29) is 25.1 Å². The number of likely N-dealkylation sites (tertiary alicyclic amines) is 1. The Morgan fingerprint density at radius 3 is 2.53 bits per heavy atom. The molecule has 1 aromatic carbocycles. The van der Waals surface area contributed by atoms with E-state index in [1.54, 1.807) is 17.9 Å². The van der Waals surface area contributed by atoms with Gasteiger partial charge in [0, 0.05) is 12.6 Å². The molecule has 3 fully saturated rings. The van der Waals surface area contributed by atoms with Crippen molar-refractivity contribution in [1.29, 1.82) is 0 Å². The third-order valence-electron chi connectivity index (χ3n) is 7.87. The molecule has 0 aliphatic carbocycles. The summed E-state index contributed by atoms with van der Waals surface area (Å²) in [5.41, 5.74) is -1.33. The number of carboxylic acids is 1. The maximum absolute atomic E-state index is 14.1. The molecule has 0 saturated carbocycles. The lowest BCUT2D eigenvalue weighted by molar-refractivity contribution is -0.159. The van der Waals surface area contributed by atoms with E-state index in [1.807, 2.05) is 44.2 Å². The second-order valence-electron chi connectivity index (χ2n) is 10.2. The number of hydrogen-bond acceptors (Lipinski definition) is 5. The first kappa shape index (κ1) is 24.4. The highest BCUT2D eigenvalue weighted by Crippen LogP contribution is 2.63. The molecule has 2 unspecified atom stereocenters. The van der Waals surface area contributed by atoms with Crippen molar-refractivity contribution in [3.05, 3.63) is 48.6 Å². The van der Waals surface area contributed by atoms with Gasteiger partial charge in [-0.05, 0) is 45.6 Å². The van der Waals surface area contributed by atoms with E-state index >= 15 is 0 Å². The van der Waals surface area contributed by atoms with Gasteiger partial charge in [-0.15, -0.1) is 6.58 Å². The van der Waals surface area contributed by atoms with Gasteiger partial charge in [-0.1, -0.05) is 36.4 Å². The maximum Gasteiger partial charge on any atom is 0.310 e. The fraction of sp³-hybridized carbons (Fsp3) is 0.577. The molecule has 8 heteroatoms. The summed E-state index contributed by atoms with van der Waals surface area (Å²) in [6.45, 7) is 9.21. The van der Waals surface area contributed by atoms with Crippen LogP contribution in [0.4, 0.5) is 0 Å². The smallest absolute Gasteiger partial charge is 0.310 e. The lowest BCUT2D eigenvalue weighted by Gasteiger charge is -2.40. The lowest BCUT2D eigenvalue weighted by Crippen LogP contribution is -2.60. The lowest BCUT2D eigenvalue weighted by atomic mass is 9.66. The first-order valence-electron chi connectivity index (χ1n) is 11.9. The van der Waals surface area contributed by atoms with E-state index in [9.17, 15) is 24.6 Å². The van der Waals surface area contributed by atoms with Crippen molar-refractivity contribution >= 4 is 17.8 Å². The van der Waals surface area contributed by atoms with Crippen LogP contribution in [0, 0.1) is 11.8 Å². The van der Waals surface area contributed by atoms with E-state index in [4.69, 9.17) is 4.74 Å². The van der Waals surface area contributed by atoms with Crippen LogP contribution in [0.5, 0.6) is 0 Å². The molecule has 3 saturated heterocycles. The molecule has 3 aliphatic heterocycles. The monoisotopic (exact) mass is 470 g/mol. The molecule has 2 amide bonds. The highest BCUT2D eigenvalue weighted by atomic mass is 16.5. The fourth-order valence-corrected chi connectivity index (χ4v) is 6.40. The Morgan fingerprint density at radius 2 is 1.97 bits per heavy atom. The Bertz CT molecular complexity index is 981. The minimum atomic E-state index is -1.23. The van der Waals surface area contributed by atoms with Gasteiger partial charge in [0.1, 0.15) is 11.6 Å². The number of carbonyl (C=O) groups excluding carboxylic acids is 2. The second kappa shape index (κ2) is 8.82. The van der Waals surface area contributed by atoms with Gasteiger partial charge in [0.2, 0.25) is 11.8 Å². The topological polar surface area (TPSA) is 107 Å². The Labute approximate surface area is 200 Å². The molecule has 8 nitrogen and oxygen atoms in total. The minimum absolute atomic E-state index is 0.163. The summed E-state index contributed by atoms with van der Waals surface area (Å²) in [5, 5.41) is 20.5. The molecule has 2 bridgehead atoms. The number of aliphatic hydroxyl groups is 1. The average Bonchev–Trinajstić information content (AvgIpc) is 3.36. The number of nitrogens with zero attached hydrogens (tertiary/aromatic N) is 2. The molecule has 3 aliphatic rings. The van der Waals surface area contributed by atoms with Gasteiger partial charge in [0.25, 0.3) is 0 Å². The molecule has 1 aromatic rings. The van der Waals surface area contributed by atoms with Crippen LogP contribution in [-0.2, 0) is 25.5 Å². The van der Waals surface area contributed by atoms with Crippen molar-refractivity contribution in [3.8, 4) is 0 Å². The molecule has 184 valence electrons.